The maximum atomic E-state index is 13.1. The molecule has 0 saturated carbocycles. The van der Waals surface area contributed by atoms with Gasteiger partial charge >= 0.3 is 0 Å². The van der Waals surface area contributed by atoms with E-state index in [9.17, 15) is 9.18 Å². The number of carbonyl (C=O) groups excluding carboxylic acids is 1. The molecule has 2 rings (SSSR count). The fourth-order valence-corrected chi connectivity index (χ4v) is 1.33. The summed E-state index contributed by atoms with van der Waals surface area (Å²) in [5.74, 6) is -0.118. The molecule has 0 unspecified atom stereocenters. The van der Waals surface area contributed by atoms with Crippen LogP contribution in [-0.4, -0.2) is 26.1 Å². The summed E-state index contributed by atoms with van der Waals surface area (Å²) in [5, 5.41) is 13.6. The molecule has 0 radical (unpaired) electrons. The van der Waals surface area contributed by atoms with Gasteiger partial charge in [0.15, 0.2) is 5.82 Å². The monoisotopic (exact) mass is 235 g/mol. The summed E-state index contributed by atoms with van der Waals surface area (Å²) >= 11 is 0. The zero-order valence-electron chi connectivity index (χ0n) is 9.09. The number of hydrogen-bond acceptors (Lipinski definition) is 4. The molecule has 0 aliphatic heterocycles. The average Bonchev–Trinajstić information content (AvgIpc) is 2.74. The molecule has 0 saturated heterocycles. The standard InChI is InChI=1S/C10H10FN5O/c1-7(17)12-6-10-13-14-15-16(10)9-4-2-3-8(11)5-9/h2-5H,6H2,1H3,(H,12,17). The Morgan fingerprint density at radius 2 is 2.35 bits per heavy atom. The lowest BCUT2D eigenvalue weighted by molar-refractivity contribution is -0.119. The number of nitrogens with zero attached hydrogens (tertiary/aromatic N) is 4. The lowest BCUT2D eigenvalue weighted by atomic mass is 10.3. The van der Waals surface area contributed by atoms with Gasteiger partial charge in [-0.1, -0.05) is 6.07 Å². The van der Waals surface area contributed by atoms with E-state index in [0.717, 1.165) is 0 Å². The van der Waals surface area contributed by atoms with Crippen molar-refractivity contribution in [3.8, 4) is 5.69 Å². The second-order valence-corrected chi connectivity index (χ2v) is 3.40. The Balaban J connectivity index is 2.27. The molecule has 0 aliphatic rings. The zero-order valence-corrected chi connectivity index (χ0v) is 9.09. The van der Waals surface area contributed by atoms with E-state index in [0.29, 0.717) is 11.5 Å². The zero-order chi connectivity index (χ0) is 12.3. The molecular weight excluding hydrogens is 225 g/mol. The first kappa shape index (κ1) is 11.2. The Hall–Kier alpha value is -2.31. The van der Waals surface area contributed by atoms with Crippen LogP contribution in [-0.2, 0) is 11.3 Å². The molecule has 7 heteroatoms. The molecule has 88 valence electrons. The Kier molecular flexibility index (Phi) is 3.08. The van der Waals surface area contributed by atoms with Crippen molar-refractivity contribution in [2.24, 2.45) is 0 Å². The molecule has 0 fully saturated rings. The number of carbonyl (C=O) groups is 1. The van der Waals surface area contributed by atoms with Crippen LogP contribution in [0.3, 0.4) is 0 Å². The van der Waals surface area contributed by atoms with Gasteiger partial charge in [0.1, 0.15) is 5.82 Å². The number of amides is 1. The second kappa shape index (κ2) is 4.69. The van der Waals surface area contributed by atoms with E-state index in [2.05, 4.69) is 20.8 Å². The molecule has 0 spiro atoms. The SMILES string of the molecule is CC(=O)NCc1nnnn1-c1cccc(F)c1. The largest absolute Gasteiger partial charge is 0.349 e. The highest BCUT2D eigenvalue weighted by Gasteiger charge is 2.08. The summed E-state index contributed by atoms with van der Waals surface area (Å²) in [4.78, 5) is 10.8. The predicted molar refractivity (Wildman–Crippen MR) is 56.6 cm³/mol. The van der Waals surface area contributed by atoms with Gasteiger partial charge in [-0.2, -0.15) is 4.68 Å². The molecule has 2 aromatic rings. The van der Waals surface area contributed by atoms with E-state index in [1.165, 1.54) is 23.7 Å². The number of tetrazole rings is 1. The van der Waals surface area contributed by atoms with Crippen molar-refractivity contribution in [3.63, 3.8) is 0 Å². The number of aromatic nitrogens is 4. The van der Waals surface area contributed by atoms with Gasteiger partial charge in [-0.3, -0.25) is 4.79 Å². The Morgan fingerprint density at radius 3 is 3.06 bits per heavy atom. The summed E-state index contributed by atoms with van der Waals surface area (Å²) in [6, 6.07) is 5.89. The smallest absolute Gasteiger partial charge is 0.217 e. The molecule has 1 heterocycles. The maximum Gasteiger partial charge on any atom is 0.217 e. The number of halogens is 1. The Labute approximate surface area is 96.4 Å². The summed E-state index contributed by atoms with van der Waals surface area (Å²) in [6.07, 6.45) is 0. The normalized spacial score (nSPS) is 10.2. The van der Waals surface area contributed by atoms with Crippen molar-refractivity contribution < 1.29 is 9.18 Å². The topological polar surface area (TPSA) is 72.7 Å². The van der Waals surface area contributed by atoms with Gasteiger partial charge in [0.25, 0.3) is 0 Å². The molecule has 6 nitrogen and oxygen atoms in total. The van der Waals surface area contributed by atoms with E-state index in [4.69, 9.17) is 0 Å². The van der Waals surface area contributed by atoms with Crippen LogP contribution in [0.2, 0.25) is 0 Å². The maximum absolute atomic E-state index is 13.1. The van der Waals surface area contributed by atoms with Crippen molar-refractivity contribution in [2.75, 3.05) is 0 Å². The molecule has 0 aliphatic carbocycles. The molecule has 1 amide bonds. The van der Waals surface area contributed by atoms with Gasteiger partial charge in [0, 0.05) is 6.92 Å². The Bertz CT molecular complexity index is 539. The molecule has 0 atom stereocenters. The number of nitrogens with one attached hydrogen (secondary N) is 1. The third-order valence-corrected chi connectivity index (χ3v) is 2.08. The minimum atomic E-state index is -0.372. The van der Waals surface area contributed by atoms with Crippen molar-refractivity contribution in [2.45, 2.75) is 13.5 Å². The third-order valence-electron chi connectivity index (χ3n) is 2.08. The van der Waals surface area contributed by atoms with Gasteiger partial charge in [-0.15, -0.1) is 5.10 Å². The highest BCUT2D eigenvalue weighted by molar-refractivity contribution is 5.72. The first-order valence-corrected chi connectivity index (χ1v) is 4.94. The quantitative estimate of drug-likeness (QED) is 0.837. The van der Waals surface area contributed by atoms with Crippen LogP contribution in [0.5, 0.6) is 0 Å². The van der Waals surface area contributed by atoms with Gasteiger partial charge < -0.3 is 5.32 Å². The van der Waals surface area contributed by atoms with Crippen LogP contribution in [0, 0.1) is 5.82 Å². The van der Waals surface area contributed by atoms with Crippen molar-refractivity contribution >= 4 is 5.91 Å². The van der Waals surface area contributed by atoms with Crippen molar-refractivity contribution in [3.05, 3.63) is 35.9 Å². The molecule has 17 heavy (non-hydrogen) atoms. The van der Waals surface area contributed by atoms with E-state index >= 15 is 0 Å². The van der Waals surface area contributed by atoms with E-state index in [1.807, 2.05) is 0 Å². The van der Waals surface area contributed by atoms with Crippen LogP contribution in [0.1, 0.15) is 12.7 Å². The van der Waals surface area contributed by atoms with Gasteiger partial charge in [-0.05, 0) is 28.6 Å². The van der Waals surface area contributed by atoms with Crippen LogP contribution in [0.25, 0.3) is 5.69 Å². The number of rotatable bonds is 3. The van der Waals surface area contributed by atoms with Crippen LogP contribution >= 0.6 is 0 Å². The summed E-state index contributed by atoms with van der Waals surface area (Å²) < 4.78 is 14.4. The Morgan fingerprint density at radius 1 is 1.53 bits per heavy atom. The third kappa shape index (κ3) is 2.63. The van der Waals surface area contributed by atoms with E-state index < -0.39 is 0 Å². The van der Waals surface area contributed by atoms with Crippen LogP contribution < -0.4 is 5.32 Å². The molecule has 1 aromatic heterocycles. The molecule has 0 bridgehead atoms. The fourth-order valence-electron chi connectivity index (χ4n) is 1.33. The lowest BCUT2D eigenvalue weighted by Gasteiger charge is -2.04. The second-order valence-electron chi connectivity index (χ2n) is 3.40. The van der Waals surface area contributed by atoms with Crippen molar-refractivity contribution in [1.82, 2.24) is 25.5 Å². The first-order valence-electron chi connectivity index (χ1n) is 4.94. The van der Waals surface area contributed by atoms with E-state index in [1.54, 1.807) is 12.1 Å². The molecular formula is C10H10FN5O. The van der Waals surface area contributed by atoms with E-state index in [-0.39, 0.29) is 18.3 Å². The minimum Gasteiger partial charge on any atom is -0.349 e. The van der Waals surface area contributed by atoms with Crippen LogP contribution in [0.4, 0.5) is 4.39 Å². The fraction of sp³-hybridized carbons (Fsp3) is 0.200. The van der Waals surface area contributed by atoms with Crippen molar-refractivity contribution in [1.29, 1.82) is 0 Å². The summed E-state index contributed by atoms with van der Waals surface area (Å²) in [7, 11) is 0. The summed E-state index contributed by atoms with van der Waals surface area (Å²) in [6.45, 7) is 1.59. The average molecular weight is 235 g/mol. The van der Waals surface area contributed by atoms with Gasteiger partial charge in [0.05, 0.1) is 12.2 Å². The number of benzene rings is 1. The van der Waals surface area contributed by atoms with Crippen LogP contribution in [0.15, 0.2) is 24.3 Å². The highest BCUT2D eigenvalue weighted by atomic mass is 19.1. The minimum absolute atomic E-state index is 0.182. The first-order chi connectivity index (χ1) is 8.16. The lowest BCUT2D eigenvalue weighted by Crippen LogP contribution is -2.21. The summed E-state index contributed by atoms with van der Waals surface area (Å²) in [5.41, 5.74) is 0.510. The van der Waals surface area contributed by atoms with Gasteiger partial charge in [0.2, 0.25) is 5.91 Å². The highest BCUT2D eigenvalue weighted by Crippen LogP contribution is 2.09. The molecule has 1 N–H and O–H groups in total. The predicted octanol–water partition coefficient (Wildman–Crippen LogP) is 0.437. The number of hydrogen-bond donors (Lipinski definition) is 1. The van der Waals surface area contributed by atoms with Gasteiger partial charge in [-0.25, -0.2) is 4.39 Å². The molecule has 1 aromatic carbocycles.